The summed E-state index contributed by atoms with van der Waals surface area (Å²) in [6.45, 7) is 2.85. The van der Waals surface area contributed by atoms with Crippen molar-refractivity contribution in [2.75, 3.05) is 33.7 Å². The summed E-state index contributed by atoms with van der Waals surface area (Å²) in [6.07, 6.45) is 6.82. The molecule has 4 nitrogen and oxygen atoms in total. The molecule has 2 aliphatic rings. The molecule has 1 aliphatic carbocycles. The average Bonchev–Trinajstić information content (AvgIpc) is 2.83. The number of likely N-dealkylation sites (N-methyl/N-ethyl adjacent to an activating group) is 2. The lowest BCUT2D eigenvalue weighted by Gasteiger charge is -2.32. The van der Waals surface area contributed by atoms with E-state index in [1.54, 1.807) is 0 Å². The summed E-state index contributed by atoms with van der Waals surface area (Å²) >= 11 is 0. The predicted molar refractivity (Wildman–Crippen MR) is 77.8 cm³/mol. The molecule has 0 aromatic heterocycles. The molecule has 1 amide bonds. The van der Waals surface area contributed by atoms with Gasteiger partial charge in [0, 0.05) is 25.6 Å². The molecule has 1 aliphatic heterocycles. The Morgan fingerprint density at radius 1 is 1.26 bits per heavy atom. The smallest absolute Gasteiger partial charge is 0.225 e. The minimum atomic E-state index is 0.250. The van der Waals surface area contributed by atoms with Gasteiger partial charge in [0.2, 0.25) is 5.91 Å². The quantitative estimate of drug-likeness (QED) is 0.835. The third kappa shape index (κ3) is 3.69. The molecule has 1 heterocycles. The molecular weight excluding hydrogens is 238 g/mol. The molecule has 19 heavy (non-hydrogen) atoms. The van der Waals surface area contributed by atoms with Crippen LogP contribution >= 0.6 is 0 Å². The van der Waals surface area contributed by atoms with Gasteiger partial charge in [0.15, 0.2) is 0 Å². The first-order chi connectivity index (χ1) is 9.11. The van der Waals surface area contributed by atoms with E-state index in [1.807, 2.05) is 11.9 Å². The highest BCUT2D eigenvalue weighted by molar-refractivity contribution is 5.78. The fraction of sp³-hybridized carbons (Fsp3) is 0.933. The van der Waals surface area contributed by atoms with Gasteiger partial charge in [-0.2, -0.15) is 0 Å². The number of nitrogens with zero attached hydrogens (tertiary/aromatic N) is 2. The largest absolute Gasteiger partial charge is 0.344 e. The molecule has 0 aromatic rings. The van der Waals surface area contributed by atoms with E-state index in [1.165, 1.54) is 19.4 Å². The van der Waals surface area contributed by atoms with E-state index in [-0.39, 0.29) is 5.92 Å². The van der Waals surface area contributed by atoms with Crippen molar-refractivity contribution in [3.8, 4) is 0 Å². The Kier molecular flexibility index (Phi) is 5.22. The van der Waals surface area contributed by atoms with Gasteiger partial charge in [0.05, 0.1) is 0 Å². The Morgan fingerprint density at radius 2 is 1.95 bits per heavy atom. The van der Waals surface area contributed by atoms with Gasteiger partial charge in [-0.1, -0.05) is 0 Å². The number of likely N-dealkylation sites (tertiary alicyclic amines) is 1. The van der Waals surface area contributed by atoms with E-state index in [0.29, 0.717) is 17.9 Å². The van der Waals surface area contributed by atoms with Crippen molar-refractivity contribution >= 4 is 5.91 Å². The highest BCUT2D eigenvalue weighted by Gasteiger charge is 2.30. The summed E-state index contributed by atoms with van der Waals surface area (Å²) in [7, 11) is 4.14. The van der Waals surface area contributed by atoms with Crippen LogP contribution in [-0.4, -0.2) is 55.5 Å². The van der Waals surface area contributed by atoms with Crippen LogP contribution in [0.4, 0.5) is 0 Å². The Hall–Kier alpha value is -0.610. The van der Waals surface area contributed by atoms with Crippen LogP contribution < -0.4 is 5.73 Å². The lowest BCUT2D eigenvalue weighted by Crippen LogP contribution is -2.42. The number of carbonyl (C=O) groups excluding carboxylic acids is 1. The molecule has 1 atom stereocenters. The van der Waals surface area contributed by atoms with Crippen molar-refractivity contribution in [2.24, 2.45) is 17.6 Å². The van der Waals surface area contributed by atoms with Crippen molar-refractivity contribution in [3.63, 3.8) is 0 Å². The van der Waals surface area contributed by atoms with E-state index in [2.05, 4.69) is 11.9 Å². The third-order valence-electron chi connectivity index (χ3n) is 5.06. The second-order valence-electron chi connectivity index (χ2n) is 6.45. The molecule has 1 unspecified atom stereocenters. The summed E-state index contributed by atoms with van der Waals surface area (Å²) < 4.78 is 0. The number of nitrogens with two attached hydrogens (primary N) is 1. The first-order valence-corrected chi connectivity index (χ1v) is 7.77. The zero-order chi connectivity index (χ0) is 13.8. The Labute approximate surface area is 117 Å². The summed E-state index contributed by atoms with van der Waals surface area (Å²) in [6, 6.07) is 0.564. The first-order valence-electron chi connectivity index (χ1n) is 7.77. The second-order valence-corrected chi connectivity index (χ2v) is 6.45. The normalized spacial score (nSPS) is 32.5. The number of rotatable bonds is 4. The van der Waals surface area contributed by atoms with Crippen LogP contribution in [0.1, 0.15) is 38.5 Å². The van der Waals surface area contributed by atoms with Gasteiger partial charge < -0.3 is 15.5 Å². The fourth-order valence-electron chi connectivity index (χ4n) is 3.57. The average molecular weight is 267 g/mol. The molecule has 2 fully saturated rings. The second kappa shape index (κ2) is 6.71. The summed E-state index contributed by atoms with van der Waals surface area (Å²) in [4.78, 5) is 16.8. The molecule has 1 saturated heterocycles. The van der Waals surface area contributed by atoms with Crippen LogP contribution in [0.2, 0.25) is 0 Å². The van der Waals surface area contributed by atoms with E-state index >= 15 is 0 Å². The number of carbonyl (C=O) groups is 1. The van der Waals surface area contributed by atoms with Crippen LogP contribution in [0, 0.1) is 11.8 Å². The first kappa shape index (κ1) is 14.8. The molecule has 2 N–H and O–H groups in total. The molecule has 0 aromatic carbocycles. The van der Waals surface area contributed by atoms with E-state index < -0.39 is 0 Å². The Morgan fingerprint density at radius 3 is 2.47 bits per heavy atom. The standard InChI is InChI=1S/C15H29N3O/c1-17-9-3-4-14(17)11-18(2)15(19)13-7-5-12(10-16)6-8-13/h12-14H,3-11,16H2,1-2H3. The minimum absolute atomic E-state index is 0.250. The van der Waals surface area contributed by atoms with E-state index in [4.69, 9.17) is 5.73 Å². The van der Waals surface area contributed by atoms with E-state index in [9.17, 15) is 4.79 Å². The fourth-order valence-corrected chi connectivity index (χ4v) is 3.57. The van der Waals surface area contributed by atoms with E-state index in [0.717, 1.165) is 38.8 Å². The van der Waals surface area contributed by atoms with Gasteiger partial charge in [-0.3, -0.25) is 4.79 Å². The molecule has 4 heteroatoms. The maximum atomic E-state index is 12.5. The highest BCUT2D eigenvalue weighted by Crippen LogP contribution is 2.29. The van der Waals surface area contributed by atoms with Crippen molar-refractivity contribution in [3.05, 3.63) is 0 Å². The number of hydrogen-bond donors (Lipinski definition) is 1. The minimum Gasteiger partial charge on any atom is -0.344 e. The van der Waals surface area contributed by atoms with Crippen LogP contribution in [0.3, 0.4) is 0 Å². The number of hydrogen-bond acceptors (Lipinski definition) is 3. The Bertz CT molecular complexity index is 300. The molecule has 110 valence electrons. The van der Waals surface area contributed by atoms with Crippen LogP contribution in [-0.2, 0) is 4.79 Å². The monoisotopic (exact) mass is 267 g/mol. The number of amides is 1. The molecule has 1 saturated carbocycles. The zero-order valence-electron chi connectivity index (χ0n) is 12.5. The molecule has 0 radical (unpaired) electrons. The SMILES string of the molecule is CN(CC1CCCN1C)C(=O)C1CCC(CN)CC1. The molecule has 0 bridgehead atoms. The predicted octanol–water partition coefficient (Wildman–Crippen LogP) is 1.30. The van der Waals surface area contributed by atoms with Crippen molar-refractivity contribution < 1.29 is 4.79 Å². The Balaban J connectivity index is 1.79. The van der Waals surface area contributed by atoms with Gasteiger partial charge in [0.1, 0.15) is 0 Å². The van der Waals surface area contributed by atoms with Crippen molar-refractivity contribution in [1.82, 2.24) is 9.80 Å². The third-order valence-corrected chi connectivity index (χ3v) is 5.06. The molecule has 0 spiro atoms. The zero-order valence-corrected chi connectivity index (χ0v) is 12.5. The molecule has 2 rings (SSSR count). The summed E-state index contributed by atoms with van der Waals surface area (Å²) in [5.74, 6) is 1.26. The lowest BCUT2D eigenvalue weighted by molar-refractivity contribution is -0.136. The lowest BCUT2D eigenvalue weighted by atomic mass is 9.81. The van der Waals surface area contributed by atoms with Crippen molar-refractivity contribution in [2.45, 2.75) is 44.6 Å². The van der Waals surface area contributed by atoms with Crippen LogP contribution in [0.5, 0.6) is 0 Å². The summed E-state index contributed by atoms with van der Waals surface area (Å²) in [5, 5.41) is 0. The maximum absolute atomic E-state index is 12.5. The summed E-state index contributed by atoms with van der Waals surface area (Å²) in [5.41, 5.74) is 5.71. The van der Waals surface area contributed by atoms with Gasteiger partial charge in [-0.25, -0.2) is 0 Å². The topological polar surface area (TPSA) is 49.6 Å². The van der Waals surface area contributed by atoms with Crippen LogP contribution in [0.15, 0.2) is 0 Å². The van der Waals surface area contributed by atoms with Gasteiger partial charge >= 0.3 is 0 Å². The highest BCUT2D eigenvalue weighted by atomic mass is 16.2. The van der Waals surface area contributed by atoms with Gasteiger partial charge in [-0.15, -0.1) is 0 Å². The maximum Gasteiger partial charge on any atom is 0.225 e. The van der Waals surface area contributed by atoms with Crippen molar-refractivity contribution in [1.29, 1.82) is 0 Å². The van der Waals surface area contributed by atoms with Crippen LogP contribution in [0.25, 0.3) is 0 Å². The molecular formula is C15H29N3O. The van der Waals surface area contributed by atoms with Gasteiger partial charge in [0.25, 0.3) is 0 Å². The van der Waals surface area contributed by atoms with Gasteiger partial charge in [-0.05, 0) is 64.6 Å².